The highest BCUT2D eigenvalue weighted by Crippen LogP contribution is 2.28. The highest BCUT2D eigenvalue weighted by Gasteiger charge is 2.34. The van der Waals surface area contributed by atoms with Gasteiger partial charge in [-0.2, -0.15) is 0 Å². The molecule has 6 nitrogen and oxygen atoms in total. The second-order valence-electron chi connectivity index (χ2n) is 6.47. The molecule has 0 spiro atoms. The Morgan fingerprint density at radius 3 is 2.58 bits per heavy atom. The average Bonchev–Trinajstić information content (AvgIpc) is 2.69. The topological polar surface area (TPSA) is 59.1 Å². The van der Waals surface area contributed by atoms with Gasteiger partial charge in [-0.3, -0.25) is 9.59 Å². The number of rotatable bonds is 3. The first-order valence-electron chi connectivity index (χ1n) is 8.70. The van der Waals surface area contributed by atoms with Crippen LogP contribution in [0.1, 0.15) is 23.2 Å². The number of carbonyl (C=O) groups excluding carboxylic acids is 2. The quantitative estimate of drug-likeness (QED) is 0.815. The van der Waals surface area contributed by atoms with Gasteiger partial charge in [-0.15, -0.1) is 0 Å². The van der Waals surface area contributed by atoms with Gasteiger partial charge in [-0.05, 0) is 25.0 Å². The third-order valence-corrected chi connectivity index (χ3v) is 4.87. The van der Waals surface area contributed by atoms with E-state index in [9.17, 15) is 18.4 Å². The summed E-state index contributed by atoms with van der Waals surface area (Å²) in [5.74, 6) is -3.36. The lowest BCUT2D eigenvalue weighted by atomic mass is 9.95. The summed E-state index contributed by atoms with van der Waals surface area (Å²) < 4.78 is 38.1. The molecule has 1 aromatic carbocycles. The van der Waals surface area contributed by atoms with E-state index >= 15 is 0 Å². The second-order valence-corrected chi connectivity index (χ2v) is 6.47. The van der Waals surface area contributed by atoms with Gasteiger partial charge in [0.15, 0.2) is 11.6 Å². The SMILES string of the molecule is COc1ccc(F)c(F)c1C(=O)N1CCC[C@@H](C(=O)N2CCOCC2)C1. The predicted octanol–water partition coefficient (Wildman–Crippen LogP) is 1.68. The Bertz CT molecular complexity index is 692. The summed E-state index contributed by atoms with van der Waals surface area (Å²) in [5.41, 5.74) is -0.424. The number of nitrogens with zero attached hydrogens (tertiary/aromatic N) is 2. The lowest BCUT2D eigenvalue weighted by molar-refractivity contribution is -0.141. The average molecular weight is 368 g/mol. The summed E-state index contributed by atoms with van der Waals surface area (Å²) in [4.78, 5) is 28.6. The molecule has 3 rings (SSSR count). The minimum Gasteiger partial charge on any atom is -0.496 e. The van der Waals surface area contributed by atoms with E-state index in [1.807, 2.05) is 0 Å². The summed E-state index contributed by atoms with van der Waals surface area (Å²) in [5, 5.41) is 0. The lowest BCUT2D eigenvalue weighted by Crippen LogP contribution is -2.49. The van der Waals surface area contributed by atoms with E-state index < -0.39 is 23.1 Å². The number of hydrogen-bond acceptors (Lipinski definition) is 4. The number of methoxy groups -OCH3 is 1. The molecule has 26 heavy (non-hydrogen) atoms. The van der Waals surface area contributed by atoms with Crippen molar-refractivity contribution in [3.05, 3.63) is 29.3 Å². The van der Waals surface area contributed by atoms with Crippen molar-refractivity contribution in [3.63, 3.8) is 0 Å². The Kier molecular flexibility index (Phi) is 5.70. The molecule has 2 aliphatic heterocycles. The van der Waals surface area contributed by atoms with Crippen molar-refractivity contribution in [3.8, 4) is 5.75 Å². The smallest absolute Gasteiger partial charge is 0.260 e. The number of likely N-dealkylation sites (tertiary alicyclic amines) is 1. The van der Waals surface area contributed by atoms with Gasteiger partial charge >= 0.3 is 0 Å². The monoisotopic (exact) mass is 368 g/mol. The number of benzene rings is 1. The van der Waals surface area contributed by atoms with Crippen molar-refractivity contribution < 1.29 is 27.8 Å². The second kappa shape index (κ2) is 7.99. The van der Waals surface area contributed by atoms with Crippen LogP contribution >= 0.6 is 0 Å². The van der Waals surface area contributed by atoms with Gasteiger partial charge in [0.1, 0.15) is 11.3 Å². The van der Waals surface area contributed by atoms with Gasteiger partial charge in [0.25, 0.3) is 5.91 Å². The third kappa shape index (κ3) is 3.65. The Labute approximate surface area is 150 Å². The zero-order valence-electron chi connectivity index (χ0n) is 14.7. The van der Waals surface area contributed by atoms with Crippen molar-refractivity contribution in [2.45, 2.75) is 12.8 Å². The molecule has 8 heteroatoms. The first-order chi connectivity index (χ1) is 12.5. The molecule has 0 saturated carbocycles. The molecule has 2 saturated heterocycles. The van der Waals surface area contributed by atoms with E-state index in [0.717, 1.165) is 6.07 Å². The van der Waals surface area contributed by atoms with Crippen molar-refractivity contribution in [1.29, 1.82) is 0 Å². The van der Waals surface area contributed by atoms with Crippen LogP contribution in [0.15, 0.2) is 12.1 Å². The summed E-state index contributed by atoms with van der Waals surface area (Å²) in [6, 6.07) is 2.15. The largest absolute Gasteiger partial charge is 0.496 e. The fraction of sp³-hybridized carbons (Fsp3) is 0.556. The molecule has 2 fully saturated rings. The summed E-state index contributed by atoms with van der Waals surface area (Å²) in [6.07, 6.45) is 1.30. The van der Waals surface area contributed by atoms with Crippen molar-refractivity contribution in [1.82, 2.24) is 9.80 Å². The van der Waals surface area contributed by atoms with E-state index in [-0.39, 0.29) is 24.1 Å². The van der Waals surface area contributed by atoms with Gasteiger partial charge in [0.2, 0.25) is 5.91 Å². The van der Waals surface area contributed by atoms with Gasteiger partial charge in [-0.1, -0.05) is 0 Å². The Hall–Kier alpha value is -2.22. The van der Waals surface area contributed by atoms with Crippen LogP contribution in [0.25, 0.3) is 0 Å². The van der Waals surface area contributed by atoms with Crippen LogP contribution in [-0.4, -0.2) is 68.1 Å². The standard InChI is InChI=1S/C18H22F2N2O4/c1-25-14-5-4-13(19)16(20)15(14)18(24)22-6-2-3-12(11-22)17(23)21-7-9-26-10-8-21/h4-5,12H,2-3,6-11H2,1H3/t12-/m1/s1. The molecule has 1 aromatic rings. The maximum Gasteiger partial charge on any atom is 0.260 e. The van der Waals surface area contributed by atoms with E-state index in [1.165, 1.54) is 18.1 Å². The van der Waals surface area contributed by atoms with E-state index in [1.54, 1.807) is 4.90 Å². The number of hydrogen-bond donors (Lipinski definition) is 0. The van der Waals surface area contributed by atoms with Crippen LogP contribution in [0.2, 0.25) is 0 Å². The molecule has 0 N–H and O–H groups in total. The third-order valence-electron chi connectivity index (χ3n) is 4.87. The van der Waals surface area contributed by atoms with Crippen LogP contribution in [-0.2, 0) is 9.53 Å². The maximum atomic E-state index is 14.2. The fourth-order valence-electron chi connectivity index (χ4n) is 3.47. The summed E-state index contributed by atoms with van der Waals surface area (Å²) in [6.45, 7) is 2.67. The molecule has 0 aromatic heterocycles. The van der Waals surface area contributed by atoms with Gasteiger partial charge in [0, 0.05) is 26.2 Å². The molecule has 0 aliphatic carbocycles. The number of ether oxygens (including phenoxy) is 2. The van der Waals surface area contributed by atoms with E-state index in [0.29, 0.717) is 45.7 Å². The number of halogens is 2. The maximum absolute atomic E-state index is 14.2. The molecular formula is C18H22F2N2O4. The number of amides is 2. The molecule has 2 amide bonds. The zero-order valence-corrected chi connectivity index (χ0v) is 14.7. The normalized spacial score (nSPS) is 20.8. The summed E-state index contributed by atoms with van der Waals surface area (Å²) >= 11 is 0. The lowest BCUT2D eigenvalue weighted by Gasteiger charge is -2.36. The van der Waals surface area contributed by atoms with Crippen molar-refractivity contribution in [2.24, 2.45) is 5.92 Å². The minimum atomic E-state index is -1.23. The molecular weight excluding hydrogens is 346 g/mol. The number of piperidine rings is 1. The van der Waals surface area contributed by atoms with Crippen LogP contribution in [0.4, 0.5) is 8.78 Å². The van der Waals surface area contributed by atoms with Crippen LogP contribution in [0.5, 0.6) is 5.75 Å². The van der Waals surface area contributed by atoms with Crippen LogP contribution in [0.3, 0.4) is 0 Å². The van der Waals surface area contributed by atoms with E-state index in [2.05, 4.69) is 0 Å². The predicted molar refractivity (Wildman–Crippen MR) is 88.9 cm³/mol. The Balaban J connectivity index is 1.76. The van der Waals surface area contributed by atoms with Crippen LogP contribution < -0.4 is 4.74 Å². The summed E-state index contributed by atoms with van der Waals surface area (Å²) in [7, 11) is 1.30. The molecule has 0 radical (unpaired) electrons. The number of carbonyl (C=O) groups is 2. The molecule has 142 valence electrons. The molecule has 2 aliphatic rings. The van der Waals surface area contributed by atoms with Crippen LogP contribution in [0, 0.1) is 17.6 Å². The van der Waals surface area contributed by atoms with Crippen molar-refractivity contribution >= 4 is 11.8 Å². The highest BCUT2D eigenvalue weighted by atomic mass is 19.2. The Morgan fingerprint density at radius 2 is 1.88 bits per heavy atom. The van der Waals surface area contributed by atoms with Gasteiger partial charge in [-0.25, -0.2) is 8.78 Å². The molecule has 2 heterocycles. The molecule has 0 unspecified atom stereocenters. The minimum absolute atomic E-state index is 0.0162. The molecule has 1 atom stereocenters. The molecule has 0 bridgehead atoms. The van der Waals surface area contributed by atoms with Crippen molar-refractivity contribution in [2.75, 3.05) is 46.5 Å². The van der Waals surface area contributed by atoms with E-state index in [4.69, 9.17) is 9.47 Å². The first-order valence-corrected chi connectivity index (χ1v) is 8.70. The Morgan fingerprint density at radius 1 is 1.15 bits per heavy atom. The zero-order chi connectivity index (χ0) is 18.7. The highest BCUT2D eigenvalue weighted by molar-refractivity contribution is 5.97. The first kappa shape index (κ1) is 18.6. The van der Waals surface area contributed by atoms with Gasteiger partial charge in [0.05, 0.1) is 26.2 Å². The number of morpholine rings is 1. The fourth-order valence-corrected chi connectivity index (χ4v) is 3.47. The van der Waals surface area contributed by atoms with Gasteiger partial charge < -0.3 is 19.3 Å².